The first-order valence-electron chi connectivity index (χ1n) is 7.25. The van der Waals surface area contributed by atoms with Crippen LogP contribution in [0.4, 0.5) is 0 Å². The van der Waals surface area contributed by atoms with Gasteiger partial charge >= 0.3 is 0 Å². The fourth-order valence-corrected chi connectivity index (χ4v) is 3.53. The fourth-order valence-electron chi connectivity index (χ4n) is 2.69. The number of hydrogen-bond donors (Lipinski definition) is 2. The van der Waals surface area contributed by atoms with E-state index in [1.807, 2.05) is 0 Å². The molecular weight excluding hydrogens is 256 g/mol. The summed E-state index contributed by atoms with van der Waals surface area (Å²) in [6.45, 7) is 5.26. The van der Waals surface area contributed by atoms with Crippen LogP contribution in [0.2, 0.25) is 0 Å². The second-order valence-corrected chi connectivity index (χ2v) is 6.53. The lowest BCUT2D eigenvalue weighted by atomic mass is 9.90. The van der Waals surface area contributed by atoms with E-state index in [1.54, 1.807) is 11.3 Å². The number of rotatable bonds is 5. The second kappa shape index (κ2) is 7.06. The topological polar surface area (TPSA) is 41.1 Å². The summed E-state index contributed by atoms with van der Waals surface area (Å²) in [6.07, 6.45) is 4.28. The molecule has 2 N–H and O–H groups in total. The van der Waals surface area contributed by atoms with Gasteiger partial charge in [-0.15, -0.1) is 11.3 Å². The van der Waals surface area contributed by atoms with Crippen molar-refractivity contribution in [3.63, 3.8) is 0 Å². The van der Waals surface area contributed by atoms with Gasteiger partial charge in [0.05, 0.1) is 6.04 Å². The molecule has 1 aromatic rings. The molecule has 0 aliphatic carbocycles. The van der Waals surface area contributed by atoms with Crippen molar-refractivity contribution < 1.29 is 4.79 Å². The fraction of sp³-hybridized carbons (Fsp3) is 0.667. The maximum Gasteiger partial charge on any atom is 0.237 e. The highest BCUT2D eigenvalue weighted by atomic mass is 32.1. The van der Waals surface area contributed by atoms with Gasteiger partial charge in [0.15, 0.2) is 0 Å². The van der Waals surface area contributed by atoms with E-state index in [-0.39, 0.29) is 18.0 Å². The van der Waals surface area contributed by atoms with Gasteiger partial charge in [-0.3, -0.25) is 4.79 Å². The second-order valence-electron chi connectivity index (χ2n) is 5.50. The third kappa shape index (κ3) is 4.32. The molecule has 1 aromatic heterocycles. The van der Waals surface area contributed by atoms with Crippen molar-refractivity contribution in [3.05, 3.63) is 22.4 Å². The van der Waals surface area contributed by atoms with E-state index in [4.69, 9.17) is 0 Å². The number of carbonyl (C=O) groups excluding carboxylic acids is 1. The lowest BCUT2D eigenvalue weighted by molar-refractivity contribution is -0.124. The lowest BCUT2D eigenvalue weighted by Crippen LogP contribution is -2.51. The standard InChI is InChI=1S/C15H24N2OS/c1-3-12-6-7-16-14(10-12)15(18)17-11(2)9-13-5-4-8-19-13/h4-5,8,11-12,14,16H,3,6-7,9-10H2,1-2H3,(H,17,18). The molecule has 1 saturated heterocycles. The molecule has 1 fully saturated rings. The number of amides is 1. The number of carbonyl (C=O) groups is 1. The number of piperidine rings is 1. The van der Waals surface area contributed by atoms with Gasteiger partial charge in [-0.1, -0.05) is 19.4 Å². The molecule has 2 rings (SSSR count). The number of thiophene rings is 1. The Bertz CT molecular complexity index is 391. The van der Waals surface area contributed by atoms with Crippen molar-refractivity contribution in [2.45, 2.75) is 51.6 Å². The highest BCUT2D eigenvalue weighted by Gasteiger charge is 2.26. The number of nitrogens with one attached hydrogen (secondary N) is 2. The molecule has 106 valence electrons. The molecule has 0 aromatic carbocycles. The zero-order valence-corrected chi connectivity index (χ0v) is 12.6. The molecule has 1 aliphatic rings. The van der Waals surface area contributed by atoms with E-state index in [2.05, 4.69) is 42.0 Å². The van der Waals surface area contributed by atoms with Crippen molar-refractivity contribution >= 4 is 17.2 Å². The summed E-state index contributed by atoms with van der Waals surface area (Å²) in [4.78, 5) is 13.6. The molecule has 19 heavy (non-hydrogen) atoms. The first kappa shape index (κ1) is 14.5. The minimum absolute atomic E-state index is 0.00415. The highest BCUT2D eigenvalue weighted by molar-refractivity contribution is 7.09. The molecule has 0 radical (unpaired) electrons. The van der Waals surface area contributed by atoms with E-state index in [9.17, 15) is 4.79 Å². The van der Waals surface area contributed by atoms with Crippen LogP contribution in [0.3, 0.4) is 0 Å². The third-order valence-electron chi connectivity index (χ3n) is 3.88. The first-order chi connectivity index (χ1) is 9.19. The van der Waals surface area contributed by atoms with Gasteiger partial charge in [0.25, 0.3) is 0 Å². The maximum absolute atomic E-state index is 12.2. The average molecular weight is 280 g/mol. The van der Waals surface area contributed by atoms with Crippen LogP contribution in [0, 0.1) is 5.92 Å². The summed E-state index contributed by atoms with van der Waals surface area (Å²) in [6, 6.07) is 4.39. The Morgan fingerprint density at radius 3 is 3.16 bits per heavy atom. The van der Waals surface area contributed by atoms with Gasteiger partial charge in [-0.25, -0.2) is 0 Å². The quantitative estimate of drug-likeness (QED) is 0.870. The molecular formula is C15H24N2OS. The van der Waals surface area contributed by atoms with E-state index in [0.29, 0.717) is 5.92 Å². The van der Waals surface area contributed by atoms with Gasteiger partial charge in [0.2, 0.25) is 5.91 Å². The van der Waals surface area contributed by atoms with Crippen molar-refractivity contribution in [1.29, 1.82) is 0 Å². The predicted molar refractivity (Wildman–Crippen MR) is 80.4 cm³/mol. The van der Waals surface area contributed by atoms with Gasteiger partial charge in [0, 0.05) is 17.3 Å². The molecule has 3 atom stereocenters. The largest absolute Gasteiger partial charge is 0.352 e. The molecule has 1 amide bonds. The van der Waals surface area contributed by atoms with Gasteiger partial charge in [-0.05, 0) is 43.7 Å². The summed E-state index contributed by atoms with van der Waals surface area (Å²) >= 11 is 1.75. The van der Waals surface area contributed by atoms with Crippen LogP contribution in [-0.4, -0.2) is 24.5 Å². The minimum Gasteiger partial charge on any atom is -0.352 e. The Kier molecular flexibility index (Phi) is 5.40. The Morgan fingerprint density at radius 2 is 2.47 bits per heavy atom. The van der Waals surface area contributed by atoms with Crippen LogP contribution < -0.4 is 10.6 Å². The number of hydrogen-bond acceptors (Lipinski definition) is 3. The van der Waals surface area contributed by atoms with Crippen LogP contribution in [0.5, 0.6) is 0 Å². The average Bonchev–Trinajstić information content (AvgIpc) is 2.91. The van der Waals surface area contributed by atoms with Crippen LogP contribution in [0.15, 0.2) is 17.5 Å². The van der Waals surface area contributed by atoms with E-state index in [0.717, 1.165) is 19.4 Å². The summed E-state index contributed by atoms with van der Waals surface area (Å²) in [7, 11) is 0. The molecule has 3 unspecified atom stereocenters. The van der Waals surface area contributed by atoms with Gasteiger partial charge < -0.3 is 10.6 Å². The van der Waals surface area contributed by atoms with Crippen molar-refractivity contribution in [1.82, 2.24) is 10.6 Å². The Morgan fingerprint density at radius 1 is 1.63 bits per heavy atom. The predicted octanol–water partition coefficient (Wildman–Crippen LogP) is 2.57. The summed E-state index contributed by atoms with van der Waals surface area (Å²) in [5, 5.41) is 8.56. The molecule has 3 nitrogen and oxygen atoms in total. The summed E-state index contributed by atoms with van der Waals surface area (Å²) in [5.41, 5.74) is 0. The third-order valence-corrected chi connectivity index (χ3v) is 4.78. The van der Waals surface area contributed by atoms with E-state index >= 15 is 0 Å². The molecule has 0 spiro atoms. The van der Waals surface area contributed by atoms with Gasteiger partial charge in [0.1, 0.15) is 0 Å². The summed E-state index contributed by atoms with van der Waals surface area (Å²) in [5.74, 6) is 0.867. The van der Waals surface area contributed by atoms with E-state index < -0.39 is 0 Å². The maximum atomic E-state index is 12.2. The minimum atomic E-state index is 0.00415. The van der Waals surface area contributed by atoms with Crippen LogP contribution >= 0.6 is 11.3 Å². The van der Waals surface area contributed by atoms with Crippen molar-refractivity contribution in [2.75, 3.05) is 6.54 Å². The SMILES string of the molecule is CCC1CCNC(C(=O)NC(C)Cc2cccs2)C1. The molecule has 0 saturated carbocycles. The zero-order valence-electron chi connectivity index (χ0n) is 11.8. The summed E-state index contributed by atoms with van der Waals surface area (Å²) < 4.78 is 0. The monoisotopic (exact) mass is 280 g/mol. The van der Waals surface area contributed by atoms with Crippen molar-refractivity contribution in [2.24, 2.45) is 5.92 Å². The molecule has 4 heteroatoms. The molecule has 2 heterocycles. The van der Waals surface area contributed by atoms with Crippen LogP contribution in [-0.2, 0) is 11.2 Å². The lowest BCUT2D eigenvalue weighted by Gasteiger charge is -2.29. The highest BCUT2D eigenvalue weighted by Crippen LogP contribution is 2.19. The first-order valence-corrected chi connectivity index (χ1v) is 8.13. The normalized spacial score (nSPS) is 24.9. The molecule has 0 bridgehead atoms. The Hall–Kier alpha value is -0.870. The van der Waals surface area contributed by atoms with Crippen LogP contribution in [0.25, 0.3) is 0 Å². The molecule has 1 aliphatic heterocycles. The Balaban J connectivity index is 1.79. The van der Waals surface area contributed by atoms with Crippen molar-refractivity contribution in [3.8, 4) is 0 Å². The zero-order chi connectivity index (χ0) is 13.7. The van der Waals surface area contributed by atoms with Gasteiger partial charge in [-0.2, -0.15) is 0 Å². The van der Waals surface area contributed by atoms with Crippen LogP contribution in [0.1, 0.15) is 38.0 Å². The Labute approximate surface area is 119 Å². The van der Waals surface area contributed by atoms with E-state index in [1.165, 1.54) is 17.7 Å². The smallest absolute Gasteiger partial charge is 0.237 e.